The van der Waals surface area contributed by atoms with Crippen molar-refractivity contribution in [2.45, 2.75) is 18.7 Å². The second-order valence-electron chi connectivity index (χ2n) is 4.54. The van der Waals surface area contributed by atoms with Crippen molar-refractivity contribution in [2.24, 2.45) is 0 Å². The van der Waals surface area contributed by atoms with E-state index in [0.29, 0.717) is 16.6 Å². The van der Waals surface area contributed by atoms with Crippen LogP contribution in [0.3, 0.4) is 0 Å². The van der Waals surface area contributed by atoms with Gasteiger partial charge in [-0.3, -0.25) is 0 Å². The van der Waals surface area contributed by atoms with Crippen LogP contribution in [0, 0.1) is 5.82 Å². The Morgan fingerprint density at radius 2 is 2.00 bits per heavy atom. The molecule has 0 aliphatic rings. The summed E-state index contributed by atoms with van der Waals surface area (Å²) in [6.45, 7) is 2.72. The summed E-state index contributed by atoms with van der Waals surface area (Å²) in [4.78, 5) is 0. The lowest BCUT2D eigenvalue weighted by Gasteiger charge is -2.15. The molecule has 0 bridgehead atoms. The van der Waals surface area contributed by atoms with Gasteiger partial charge in [0.1, 0.15) is 11.6 Å². The summed E-state index contributed by atoms with van der Waals surface area (Å²) in [6.07, 6.45) is 0.947. The van der Waals surface area contributed by atoms with E-state index < -0.39 is 5.38 Å². The zero-order valence-electron chi connectivity index (χ0n) is 11.4. The Morgan fingerprint density at radius 3 is 2.67 bits per heavy atom. The standard InChI is InChI=1S/C16H14Br2ClFO/c1-2-8-21-14-7-6-10(9-12(14)17)16(19)11-4-3-5-13(20)15(11)18/h3-7,9,16H,2,8H2,1H3. The van der Waals surface area contributed by atoms with Crippen LogP contribution in [-0.2, 0) is 0 Å². The average molecular weight is 437 g/mol. The van der Waals surface area contributed by atoms with Crippen molar-refractivity contribution in [3.05, 3.63) is 62.3 Å². The van der Waals surface area contributed by atoms with Crippen molar-refractivity contribution in [2.75, 3.05) is 6.61 Å². The number of rotatable bonds is 5. The second-order valence-corrected chi connectivity index (χ2v) is 6.63. The van der Waals surface area contributed by atoms with Crippen molar-refractivity contribution in [1.82, 2.24) is 0 Å². The molecule has 0 aliphatic carbocycles. The fraction of sp³-hybridized carbons (Fsp3) is 0.250. The smallest absolute Gasteiger partial charge is 0.137 e. The minimum Gasteiger partial charge on any atom is -0.492 e. The van der Waals surface area contributed by atoms with Gasteiger partial charge in [-0.15, -0.1) is 11.6 Å². The highest BCUT2D eigenvalue weighted by Gasteiger charge is 2.17. The van der Waals surface area contributed by atoms with Crippen LogP contribution in [0.2, 0.25) is 0 Å². The first-order valence-electron chi connectivity index (χ1n) is 6.54. The number of hydrogen-bond acceptors (Lipinski definition) is 1. The van der Waals surface area contributed by atoms with Gasteiger partial charge in [-0.1, -0.05) is 25.1 Å². The Balaban J connectivity index is 2.29. The molecular weight excluding hydrogens is 422 g/mol. The summed E-state index contributed by atoms with van der Waals surface area (Å²) in [5, 5.41) is -0.438. The number of ether oxygens (including phenoxy) is 1. The zero-order valence-corrected chi connectivity index (χ0v) is 15.3. The Bertz CT molecular complexity index is 634. The molecular formula is C16H14Br2ClFO. The molecule has 0 heterocycles. The molecule has 0 spiro atoms. The van der Waals surface area contributed by atoms with E-state index in [9.17, 15) is 4.39 Å². The fourth-order valence-corrected chi connectivity index (χ4v) is 3.35. The Hall–Kier alpha value is -0.580. The van der Waals surface area contributed by atoms with Crippen LogP contribution >= 0.6 is 43.5 Å². The normalized spacial score (nSPS) is 12.2. The molecule has 0 aromatic heterocycles. The maximum Gasteiger partial charge on any atom is 0.137 e. The van der Waals surface area contributed by atoms with Crippen LogP contribution in [0.25, 0.3) is 0 Å². The number of halogens is 4. The molecule has 0 saturated carbocycles. The summed E-state index contributed by atoms with van der Waals surface area (Å²) in [5.41, 5.74) is 1.57. The fourth-order valence-electron chi connectivity index (χ4n) is 1.90. The first kappa shape index (κ1) is 16.8. The summed E-state index contributed by atoms with van der Waals surface area (Å²) in [7, 11) is 0. The molecule has 0 saturated heterocycles. The molecule has 21 heavy (non-hydrogen) atoms. The lowest BCUT2D eigenvalue weighted by molar-refractivity contribution is 0.315. The molecule has 1 nitrogen and oxygen atoms in total. The minimum atomic E-state index is -0.438. The molecule has 0 amide bonds. The Kier molecular flexibility index (Phi) is 6.08. The number of benzene rings is 2. The van der Waals surface area contributed by atoms with Gasteiger partial charge >= 0.3 is 0 Å². The Morgan fingerprint density at radius 1 is 1.24 bits per heavy atom. The highest BCUT2D eigenvalue weighted by Crippen LogP contribution is 2.37. The lowest BCUT2D eigenvalue weighted by Crippen LogP contribution is -1.99. The molecule has 0 fully saturated rings. The van der Waals surface area contributed by atoms with Gasteiger partial charge in [0, 0.05) is 0 Å². The first-order valence-corrected chi connectivity index (χ1v) is 8.57. The van der Waals surface area contributed by atoms with Crippen LogP contribution in [0.15, 0.2) is 45.3 Å². The van der Waals surface area contributed by atoms with E-state index in [1.807, 2.05) is 18.2 Å². The summed E-state index contributed by atoms with van der Waals surface area (Å²) >= 11 is 13.2. The molecule has 2 rings (SSSR count). The quantitative estimate of drug-likeness (QED) is 0.488. The van der Waals surface area contributed by atoms with E-state index in [1.165, 1.54) is 6.07 Å². The van der Waals surface area contributed by atoms with Gasteiger partial charge in [0.15, 0.2) is 0 Å². The van der Waals surface area contributed by atoms with Crippen LogP contribution in [0.1, 0.15) is 29.8 Å². The van der Waals surface area contributed by atoms with E-state index in [1.54, 1.807) is 12.1 Å². The van der Waals surface area contributed by atoms with Gasteiger partial charge in [-0.25, -0.2) is 4.39 Å². The van der Waals surface area contributed by atoms with E-state index >= 15 is 0 Å². The number of alkyl halides is 1. The molecule has 2 aromatic carbocycles. The maximum atomic E-state index is 13.6. The molecule has 1 unspecified atom stereocenters. The summed E-state index contributed by atoms with van der Waals surface area (Å²) < 4.78 is 20.4. The van der Waals surface area contributed by atoms with E-state index in [-0.39, 0.29) is 5.82 Å². The van der Waals surface area contributed by atoms with E-state index in [4.69, 9.17) is 16.3 Å². The highest BCUT2D eigenvalue weighted by molar-refractivity contribution is 9.10. The Labute approximate surface area is 145 Å². The summed E-state index contributed by atoms with van der Waals surface area (Å²) in [6, 6.07) is 10.5. The van der Waals surface area contributed by atoms with E-state index in [0.717, 1.165) is 22.2 Å². The molecule has 2 aromatic rings. The van der Waals surface area contributed by atoms with Crippen molar-refractivity contribution < 1.29 is 9.13 Å². The van der Waals surface area contributed by atoms with Crippen LogP contribution < -0.4 is 4.74 Å². The van der Waals surface area contributed by atoms with Crippen LogP contribution in [-0.4, -0.2) is 6.61 Å². The van der Waals surface area contributed by atoms with Crippen LogP contribution in [0.4, 0.5) is 4.39 Å². The SMILES string of the molecule is CCCOc1ccc(C(Cl)c2cccc(F)c2Br)cc1Br. The second kappa shape index (κ2) is 7.61. The zero-order chi connectivity index (χ0) is 15.4. The summed E-state index contributed by atoms with van der Waals surface area (Å²) in [5.74, 6) is 0.461. The predicted octanol–water partition coefficient (Wildman–Crippen LogP) is 6.47. The van der Waals surface area contributed by atoms with Crippen LogP contribution in [0.5, 0.6) is 5.75 Å². The lowest BCUT2D eigenvalue weighted by atomic mass is 10.0. The topological polar surface area (TPSA) is 9.23 Å². The van der Waals surface area contributed by atoms with Crippen molar-refractivity contribution >= 4 is 43.5 Å². The molecule has 0 aliphatic heterocycles. The van der Waals surface area contributed by atoms with Gasteiger partial charge in [-0.2, -0.15) is 0 Å². The first-order chi connectivity index (χ1) is 10.0. The maximum absolute atomic E-state index is 13.6. The molecule has 0 N–H and O–H groups in total. The van der Waals surface area contributed by atoms with Gasteiger partial charge in [0.25, 0.3) is 0 Å². The molecule has 112 valence electrons. The highest BCUT2D eigenvalue weighted by atomic mass is 79.9. The molecule has 1 atom stereocenters. The average Bonchev–Trinajstić information content (AvgIpc) is 2.48. The van der Waals surface area contributed by atoms with Gasteiger partial charge in [-0.05, 0) is 67.6 Å². The third-order valence-corrected chi connectivity index (χ3v) is 4.91. The number of hydrogen-bond donors (Lipinski definition) is 0. The van der Waals surface area contributed by atoms with Gasteiger partial charge in [0.05, 0.1) is 20.9 Å². The van der Waals surface area contributed by atoms with Gasteiger partial charge < -0.3 is 4.74 Å². The van der Waals surface area contributed by atoms with E-state index in [2.05, 4.69) is 38.8 Å². The largest absolute Gasteiger partial charge is 0.492 e. The predicted molar refractivity (Wildman–Crippen MR) is 91.7 cm³/mol. The van der Waals surface area contributed by atoms with Crippen molar-refractivity contribution in [3.8, 4) is 5.75 Å². The third kappa shape index (κ3) is 3.99. The van der Waals surface area contributed by atoms with Crippen molar-refractivity contribution in [1.29, 1.82) is 0 Å². The molecule has 0 radical (unpaired) electrons. The molecule has 5 heteroatoms. The van der Waals surface area contributed by atoms with Crippen molar-refractivity contribution in [3.63, 3.8) is 0 Å². The third-order valence-electron chi connectivity index (χ3n) is 2.96. The minimum absolute atomic E-state index is 0.319. The monoisotopic (exact) mass is 434 g/mol. The van der Waals surface area contributed by atoms with Gasteiger partial charge in [0.2, 0.25) is 0 Å².